The molecular formula is C26H34N2O5. The van der Waals surface area contributed by atoms with Crippen LogP contribution in [0.1, 0.15) is 40.2 Å². The Bertz CT molecular complexity index is 1020. The van der Waals surface area contributed by atoms with Gasteiger partial charge in [-0.1, -0.05) is 0 Å². The van der Waals surface area contributed by atoms with Gasteiger partial charge in [-0.2, -0.15) is 0 Å². The minimum atomic E-state index is -0.200. The number of rotatable bonds is 9. The summed E-state index contributed by atoms with van der Waals surface area (Å²) in [6, 6.07) is 7.65. The van der Waals surface area contributed by atoms with Crippen molar-refractivity contribution in [3.8, 4) is 17.2 Å². The molecule has 0 bridgehead atoms. The number of hydrogen-bond donors (Lipinski definition) is 2. The number of carbonyl (C=O) groups is 1. The van der Waals surface area contributed by atoms with E-state index in [1.54, 1.807) is 20.3 Å². The number of benzene rings is 2. The van der Waals surface area contributed by atoms with Crippen molar-refractivity contribution in [2.75, 3.05) is 47.4 Å². The molecule has 0 unspecified atom stereocenters. The maximum atomic E-state index is 12.8. The zero-order chi connectivity index (χ0) is 23.5. The number of aliphatic hydroxyl groups excluding tert-OH is 1. The Labute approximate surface area is 195 Å². The first-order valence-corrected chi connectivity index (χ1v) is 11.6. The number of likely N-dealkylation sites (N-methyl/N-ethyl adjacent to an activating group) is 1. The molecule has 0 radical (unpaired) electrons. The molecule has 1 amide bonds. The van der Waals surface area contributed by atoms with E-state index in [1.807, 2.05) is 11.0 Å². The molecule has 2 aromatic rings. The molecule has 0 saturated heterocycles. The van der Waals surface area contributed by atoms with Gasteiger partial charge in [-0.15, -0.1) is 0 Å². The summed E-state index contributed by atoms with van der Waals surface area (Å²) in [5.41, 5.74) is 5.09. The molecular weight excluding hydrogens is 420 g/mol. The molecule has 0 aromatic heterocycles. The van der Waals surface area contributed by atoms with Gasteiger partial charge in [0.2, 0.25) is 5.91 Å². The van der Waals surface area contributed by atoms with Crippen LogP contribution in [-0.4, -0.2) is 73.4 Å². The second-order valence-corrected chi connectivity index (χ2v) is 9.14. The molecule has 7 nitrogen and oxygen atoms in total. The smallest absolute Gasteiger partial charge is 0.227 e. The van der Waals surface area contributed by atoms with E-state index in [0.717, 1.165) is 61.5 Å². The molecule has 1 atom stereocenters. The molecule has 1 aliphatic heterocycles. The van der Waals surface area contributed by atoms with Crippen LogP contribution in [0.4, 0.5) is 0 Å². The second-order valence-electron chi connectivity index (χ2n) is 9.14. The lowest BCUT2D eigenvalue weighted by Gasteiger charge is -2.34. The van der Waals surface area contributed by atoms with Gasteiger partial charge in [-0.3, -0.25) is 4.79 Å². The molecule has 2 aromatic carbocycles. The topological polar surface area (TPSA) is 82.5 Å². The summed E-state index contributed by atoms with van der Waals surface area (Å²) in [6.45, 7) is 3.09. The highest BCUT2D eigenvalue weighted by Gasteiger charge is 2.29. The van der Waals surface area contributed by atoms with Gasteiger partial charge in [0.25, 0.3) is 0 Å². The van der Waals surface area contributed by atoms with Crippen LogP contribution in [0, 0.1) is 0 Å². The normalized spacial score (nSPS) is 17.3. The summed E-state index contributed by atoms with van der Waals surface area (Å²) < 4.78 is 10.8. The zero-order valence-corrected chi connectivity index (χ0v) is 19.8. The van der Waals surface area contributed by atoms with Crippen molar-refractivity contribution in [2.24, 2.45) is 0 Å². The van der Waals surface area contributed by atoms with Crippen LogP contribution >= 0.6 is 0 Å². The number of aromatic hydroxyl groups is 1. The minimum absolute atomic E-state index is 0.0627. The van der Waals surface area contributed by atoms with Crippen molar-refractivity contribution in [2.45, 2.75) is 38.2 Å². The first-order valence-electron chi connectivity index (χ1n) is 11.6. The fourth-order valence-corrected chi connectivity index (χ4v) is 5.04. The molecule has 0 spiro atoms. The number of methoxy groups -OCH3 is 2. The van der Waals surface area contributed by atoms with Gasteiger partial charge in [-0.05, 0) is 79.4 Å². The van der Waals surface area contributed by atoms with Crippen molar-refractivity contribution < 1.29 is 24.5 Å². The molecule has 2 aliphatic rings. The molecule has 0 saturated carbocycles. The molecule has 1 heterocycles. The van der Waals surface area contributed by atoms with Crippen molar-refractivity contribution in [1.82, 2.24) is 9.80 Å². The Hall–Kier alpha value is -2.77. The predicted octanol–water partition coefficient (Wildman–Crippen LogP) is 2.49. The predicted molar refractivity (Wildman–Crippen MR) is 126 cm³/mol. The molecule has 178 valence electrons. The lowest BCUT2D eigenvalue weighted by Crippen LogP contribution is -2.36. The molecule has 0 fully saturated rings. The monoisotopic (exact) mass is 454 g/mol. The Morgan fingerprint density at radius 2 is 1.85 bits per heavy atom. The fraction of sp³-hybridized carbons (Fsp3) is 0.500. The highest BCUT2D eigenvalue weighted by Crippen LogP contribution is 2.42. The molecule has 33 heavy (non-hydrogen) atoms. The Morgan fingerprint density at radius 3 is 2.58 bits per heavy atom. The highest BCUT2D eigenvalue weighted by atomic mass is 16.5. The SMILES string of the molecule is COc1cc2c(cc1OC)[C@@H](CN(C)CCCN1CCc3cc(CO)c(O)cc3CC1=O)C2. The summed E-state index contributed by atoms with van der Waals surface area (Å²) in [7, 11) is 5.47. The van der Waals surface area contributed by atoms with Crippen LogP contribution in [0.15, 0.2) is 24.3 Å². The number of phenols is 1. The summed E-state index contributed by atoms with van der Waals surface area (Å²) in [5.74, 6) is 2.22. The van der Waals surface area contributed by atoms with E-state index in [1.165, 1.54) is 11.1 Å². The average molecular weight is 455 g/mol. The molecule has 7 heteroatoms. The van der Waals surface area contributed by atoms with E-state index < -0.39 is 0 Å². The third-order valence-electron chi connectivity index (χ3n) is 6.97. The number of ether oxygens (including phenoxy) is 2. The quantitative estimate of drug-likeness (QED) is 0.606. The van der Waals surface area contributed by atoms with Crippen molar-refractivity contribution in [3.63, 3.8) is 0 Å². The van der Waals surface area contributed by atoms with Crippen molar-refractivity contribution in [1.29, 1.82) is 0 Å². The van der Waals surface area contributed by atoms with Gasteiger partial charge in [0.15, 0.2) is 11.5 Å². The van der Waals surface area contributed by atoms with Gasteiger partial charge in [0, 0.05) is 31.1 Å². The van der Waals surface area contributed by atoms with Gasteiger partial charge in [0.05, 0.1) is 27.2 Å². The second kappa shape index (κ2) is 10.0. The maximum Gasteiger partial charge on any atom is 0.227 e. The lowest BCUT2D eigenvalue weighted by molar-refractivity contribution is -0.130. The number of hydrogen-bond acceptors (Lipinski definition) is 6. The summed E-state index contributed by atoms with van der Waals surface area (Å²) in [5, 5.41) is 19.4. The minimum Gasteiger partial charge on any atom is -0.508 e. The van der Waals surface area contributed by atoms with E-state index in [0.29, 0.717) is 24.4 Å². The van der Waals surface area contributed by atoms with E-state index in [2.05, 4.69) is 24.1 Å². The van der Waals surface area contributed by atoms with Gasteiger partial charge < -0.3 is 29.5 Å². The number of nitrogens with zero attached hydrogens (tertiary/aromatic N) is 2. The largest absolute Gasteiger partial charge is 0.508 e. The Balaban J connectivity index is 1.27. The average Bonchev–Trinajstić information content (AvgIpc) is 2.94. The first kappa shape index (κ1) is 23.4. The van der Waals surface area contributed by atoms with Crippen LogP contribution in [0.3, 0.4) is 0 Å². The molecule has 2 N–H and O–H groups in total. The highest BCUT2D eigenvalue weighted by molar-refractivity contribution is 5.80. The number of aliphatic hydroxyl groups is 1. The van der Waals surface area contributed by atoms with Crippen LogP contribution in [-0.2, 0) is 30.7 Å². The van der Waals surface area contributed by atoms with Gasteiger partial charge >= 0.3 is 0 Å². The van der Waals surface area contributed by atoms with E-state index in [-0.39, 0.29) is 18.3 Å². The lowest BCUT2D eigenvalue weighted by atomic mass is 9.77. The number of fused-ring (bicyclic) bond motifs is 2. The van der Waals surface area contributed by atoms with Crippen molar-refractivity contribution in [3.05, 3.63) is 52.1 Å². The van der Waals surface area contributed by atoms with Crippen molar-refractivity contribution >= 4 is 5.91 Å². The van der Waals surface area contributed by atoms with Gasteiger partial charge in [-0.25, -0.2) is 0 Å². The summed E-state index contributed by atoms with van der Waals surface area (Å²) in [6.07, 6.45) is 3.01. The standard InChI is InChI=1S/C26H34N2O5/c1-27(15-20-10-19-12-24(32-2)25(33-3)14-22(19)20)6-4-7-28-8-5-17-9-21(16-29)23(30)11-18(17)13-26(28)31/h9,11-12,14,20,29-30H,4-8,10,13,15-16H2,1-3H3/t20-/m1/s1. The molecule has 4 rings (SSSR count). The summed E-state index contributed by atoms with van der Waals surface area (Å²) in [4.78, 5) is 17.0. The number of amides is 1. The van der Waals surface area contributed by atoms with Crippen LogP contribution in [0.25, 0.3) is 0 Å². The maximum absolute atomic E-state index is 12.8. The third kappa shape index (κ3) is 4.94. The van der Waals surface area contributed by atoms with Crippen LogP contribution < -0.4 is 9.47 Å². The van der Waals surface area contributed by atoms with E-state index in [4.69, 9.17) is 9.47 Å². The fourth-order valence-electron chi connectivity index (χ4n) is 5.04. The van der Waals surface area contributed by atoms with E-state index in [9.17, 15) is 15.0 Å². The van der Waals surface area contributed by atoms with Crippen LogP contribution in [0.2, 0.25) is 0 Å². The van der Waals surface area contributed by atoms with E-state index >= 15 is 0 Å². The number of carbonyl (C=O) groups excluding carboxylic acids is 1. The van der Waals surface area contributed by atoms with Gasteiger partial charge in [0.1, 0.15) is 5.75 Å². The third-order valence-corrected chi connectivity index (χ3v) is 6.97. The Morgan fingerprint density at radius 1 is 1.09 bits per heavy atom. The zero-order valence-electron chi connectivity index (χ0n) is 19.8. The summed E-state index contributed by atoms with van der Waals surface area (Å²) >= 11 is 0. The molecule has 1 aliphatic carbocycles. The Kier molecular flexibility index (Phi) is 7.10. The van der Waals surface area contributed by atoms with Crippen LogP contribution in [0.5, 0.6) is 17.2 Å². The first-order chi connectivity index (χ1) is 15.9.